The van der Waals surface area contributed by atoms with Crippen LogP contribution in [0.1, 0.15) is 36.7 Å². The number of hydrogen-bond donors (Lipinski definition) is 1. The van der Waals surface area contributed by atoms with Gasteiger partial charge in [-0.05, 0) is 36.2 Å². The van der Waals surface area contributed by atoms with E-state index in [4.69, 9.17) is 4.52 Å². The molecule has 0 aliphatic rings. The van der Waals surface area contributed by atoms with E-state index in [9.17, 15) is 0 Å². The zero-order valence-electron chi connectivity index (χ0n) is 11.5. The Morgan fingerprint density at radius 2 is 2.16 bits per heavy atom. The maximum atomic E-state index is 5.17. The van der Waals surface area contributed by atoms with Crippen molar-refractivity contribution in [1.29, 1.82) is 0 Å². The van der Waals surface area contributed by atoms with E-state index in [1.807, 2.05) is 17.7 Å². The SMILES string of the molecule is CCc1nn(CC)c(CNCc2cc(C)no2)c1Br. The molecule has 0 amide bonds. The molecule has 0 bridgehead atoms. The van der Waals surface area contributed by atoms with Crippen LogP contribution in [0.15, 0.2) is 15.1 Å². The lowest BCUT2D eigenvalue weighted by Gasteiger charge is -2.06. The van der Waals surface area contributed by atoms with E-state index < -0.39 is 0 Å². The Labute approximate surface area is 121 Å². The van der Waals surface area contributed by atoms with Crippen LogP contribution >= 0.6 is 15.9 Å². The summed E-state index contributed by atoms with van der Waals surface area (Å²) in [5.41, 5.74) is 3.19. The molecule has 1 N–H and O–H groups in total. The van der Waals surface area contributed by atoms with Crippen molar-refractivity contribution < 1.29 is 4.52 Å². The van der Waals surface area contributed by atoms with Crippen molar-refractivity contribution >= 4 is 15.9 Å². The Hall–Kier alpha value is -1.14. The monoisotopic (exact) mass is 326 g/mol. The van der Waals surface area contributed by atoms with E-state index in [-0.39, 0.29) is 0 Å². The number of nitrogens with zero attached hydrogens (tertiary/aromatic N) is 3. The summed E-state index contributed by atoms with van der Waals surface area (Å²) in [4.78, 5) is 0. The van der Waals surface area contributed by atoms with Gasteiger partial charge in [0.15, 0.2) is 5.76 Å². The first-order valence-corrected chi connectivity index (χ1v) is 7.32. The van der Waals surface area contributed by atoms with Crippen molar-refractivity contribution in [2.45, 2.75) is 46.8 Å². The van der Waals surface area contributed by atoms with Gasteiger partial charge < -0.3 is 9.84 Å². The first-order valence-electron chi connectivity index (χ1n) is 6.52. The number of halogens is 1. The number of aromatic nitrogens is 3. The van der Waals surface area contributed by atoms with E-state index in [1.165, 1.54) is 5.69 Å². The van der Waals surface area contributed by atoms with Crippen LogP contribution in [0, 0.1) is 6.92 Å². The second-order valence-electron chi connectivity index (χ2n) is 4.41. The van der Waals surface area contributed by atoms with Gasteiger partial charge in [0, 0.05) is 19.2 Å². The van der Waals surface area contributed by atoms with E-state index in [1.54, 1.807) is 0 Å². The minimum atomic E-state index is 0.670. The number of aryl methyl sites for hydroxylation is 3. The highest BCUT2D eigenvalue weighted by Crippen LogP contribution is 2.22. The van der Waals surface area contributed by atoms with Crippen LogP contribution < -0.4 is 5.32 Å². The molecule has 2 rings (SSSR count). The summed E-state index contributed by atoms with van der Waals surface area (Å²) >= 11 is 3.63. The lowest BCUT2D eigenvalue weighted by molar-refractivity contribution is 0.368. The van der Waals surface area contributed by atoms with E-state index >= 15 is 0 Å². The third-order valence-corrected chi connectivity index (χ3v) is 3.88. The van der Waals surface area contributed by atoms with Crippen molar-refractivity contribution in [3.05, 3.63) is 33.4 Å². The van der Waals surface area contributed by atoms with Gasteiger partial charge in [-0.15, -0.1) is 0 Å². The topological polar surface area (TPSA) is 55.9 Å². The molecule has 2 heterocycles. The van der Waals surface area contributed by atoms with Crippen molar-refractivity contribution in [1.82, 2.24) is 20.3 Å². The van der Waals surface area contributed by atoms with Gasteiger partial charge in [0.2, 0.25) is 0 Å². The molecule has 0 spiro atoms. The Bertz CT molecular complexity index is 547. The van der Waals surface area contributed by atoms with Gasteiger partial charge in [0.25, 0.3) is 0 Å². The molecular weight excluding hydrogens is 308 g/mol. The van der Waals surface area contributed by atoms with Crippen molar-refractivity contribution in [2.24, 2.45) is 0 Å². The molecule has 0 atom stereocenters. The predicted octanol–water partition coefficient (Wildman–Crippen LogP) is 2.81. The van der Waals surface area contributed by atoms with Crippen LogP contribution in [-0.2, 0) is 26.1 Å². The summed E-state index contributed by atoms with van der Waals surface area (Å²) in [5, 5.41) is 11.8. The van der Waals surface area contributed by atoms with Gasteiger partial charge in [0.05, 0.1) is 28.1 Å². The fraction of sp³-hybridized carbons (Fsp3) is 0.538. The number of hydrogen-bond acceptors (Lipinski definition) is 4. The molecule has 6 heteroatoms. The summed E-state index contributed by atoms with van der Waals surface area (Å²) in [6.45, 7) is 8.43. The highest BCUT2D eigenvalue weighted by atomic mass is 79.9. The molecule has 104 valence electrons. The summed E-state index contributed by atoms with van der Waals surface area (Å²) < 4.78 is 8.31. The largest absolute Gasteiger partial charge is 0.360 e. The smallest absolute Gasteiger partial charge is 0.150 e. The normalized spacial score (nSPS) is 11.2. The molecule has 0 radical (unpaired) electrons. The minimum Gasteiger partial charge on any atom is -0.360 e. The zero-order valence-corrected chi connectivity index (χ0v) is 13.1. The molecule has 0 unspecified atom stereocenters. The Morgan fingerprint density at radius 3 is 2.74 bits per heavy atom. The standard InChI is InChI=1S/C13H19BrN4O/c1-4-11-13(14)12(18(5-2)16-11)8-15-7-10-6-9(3)17-19-10/h6,15H,4-5,7-8H2,1-3H3. The maximum absolute atomic E-state index is 5.17. The maximum Gasteiger partial charge on any atom is 0.150 e. The van der Waals surface area contributed by atoms with Gasteiger partial charge >= 0.3 is 0 Å². The van der Waals surface area contributed by atoms with Crippen molar-refractivity contribution in [3.8, 4) is 0 Å². The quantitative estimate of drug-likeness (QED) is 0.886. The molecule has 0 aliphatic heterocycles. The highest BCUT2D eigenvalue weighted by Gasteiger charge is 2.13. The molecule has 0 fully saturated rings. The van der Waals surface area contributed by atoms with E-state index in [0.717, 1.165) is 41.1 Å². The highest BCUT2D eigenvalue weighted by molar-refractivity contribution is 9.10. The van der Waals surface area contributed by atoms with Gasteiger partial charge in [-0.2, -0.15) is 5.10 Å². The summed E-state index contributed by atoms with van der Waals surface area (Å²) in [6, 6.07) is 1.94. The molecule has 0 saturated heterocycles. The van der Waals surface area contributed by atoms with E-state index in [0.29, 0.717) is 6.54 Å². The molecular formula is C13H19BrN4O. The van der Waals surface area contributed by atoms with Crippen LogP contribution in [0.4, 0.5) is 0 Å². The van der Waals surface area contributed by atoms with E-state index in [2.05, 4.69) is 45.3 Å². The molecule has 0 aromatic carbocycles. The minimum absolute atomic E-state index is 0.670. The predicted molar refractivity (Wildman–Crippen MR) is 76.8 cm³/mol. The molecule has 0 aliphatic carbocycles. The van der Waals surface area contributed by atoms with Gasteiger partial charge in [-0.25, -0.2) is 0 Å². The Morgan fingerprint density at radius 1 is 1.37 bits per heavy atom. The lowest BCUT2D eigenvalue weighted by Crippen LogP contribution is -2.16. The second kappa shape index (κ2) is 6.34. The molecule has 5 nitrogen and oxygen atoms in total. The zero-order chi connectivity index (χ0) is 13.8. The summed E-state index contributed by atoms with van der Waals surface area (Å²) in [6.07, 6.45) is 0.932. The van der Waals surface area contributed by atoms with Crippen LogP contribution in [0.25, 0.3) is 0 Å². The Kier molecular flexibility index (Phi) is 4.76. The first kappa shape index (κ1) is 14.3. The third-order valence-electron chi connectivity index (χ3n) is 2.96. The van der Waals surface area contributed by atoms with Crippen molar-refractivity contribution in [2.75, 3.05) is 0 Å². The van der Waals surface area contributed by atoms with Gasteiger partial charge in [-0.3, -0.25) is 4.68 Å². The molecule has 2 aromatic heterocycles. The van der Waals surface area contributed by atoms with Crippen LogP contribution in [0.5, 0.6) is 0 Å². The first-order chi connectivity index (χ1) is 9.15. The lowest BCUT2D eigenvalue weighted by atomic mass is 10.3. The third kappa shape index (κ3) is 3.25. The second-order valence-corrected chi connectivity index (χ2v) is 5.21. The fourth-order valence-electron chi connectivity index (χ4n) is 1.99. The van der Waals surface area contributed by atoms with Crippen LogP contribution in [0.3, 0.4) is 0 Å². The van der Waals surface area contributed by atoms with Gasteiger partial charge in [-0.1, -0.05) is 12.1 Å². The van der Waals surface area contributed by atoms with Crippen molar-refractivity contribution in [3.63, 3.8) is 0 Å². The molecule has 2 aromatic rings. The Balaban J connectivity index is 2.00. The van der Waals surface area contributed by atoms with Gasteiger partial charge in [0.1, 0.15) is 0 Å². The fourth-order valence-corrected chi connectivity index (χ4v) is 2.69. The average molecular weight is 327 g/mol. The molecule has 19 heavy (non-hydrogen) atoms. The number of nitrogens with one attached hydrogen (secondary N) is 1. The molecule has 0 saturated carbocycles. The van der Waals surface area contributed by atoms with Crippen LogP contribution in [0.2, 0.25) is 0 Å². The summed E-state index contributed by atoms with van der Waals surface area (Å²) in [5.74, 6) is 0.854. The number of rotatable bonds is 6. The summed E-state index contributed by atoms with van der Waals surface area (Å²) in [7, 11) is 0. The average Bonchev–Trinajstić information content (AvgIpc) is 2.94. The van der Waals surface area contributed by atoms with Crippen LogP contribution in [-0.4, -0.2) is 14.9 Å².